The first-order valence-corrected chi connectivity index (χ1v) is 27.2. The molecule has 0 saturated carbocycles. The normalized spacial score (nSPS) is 11.5. The van der Waals surface area contributed by atoms with Crippen molar-refractivity contribution in [3.05, 3.63) is 0 Å². The van der Waals surface area contributed by atoms with Gasteiger partial charge in [-0.3, -0.25) is 0 Å². The van der Waals surface area contributed by atoms with Crippen LogP contribution >= 0.6 is 8.92 Å². The third-order valence-corrected chi connectivity index (χ3v) is 20.5. The first-order chi connectivity index (χ1) is 22.9. The topological polar surface area (TPSA) is 134 Å². The molecule has 47 heavy (non-hydrogen) atoms. The fourth-order valence-corrected chi connectivity index (χ4v) is 13.5. The molecule has 14 heteroatoms. The average molecular weight is 806 g/mol. The fourth-order valence-electron chi connectivity index (χ4n) is 3.92. The van der Waals surface area contributed by atoms with Crippen LogP contribution in [0.3, 0.4) is 0 Å². The zero-order chi connectivity index (χ0) is 34.7. The van der Waals surface area contributed by atoms with Crippen molar-refractivity contribution in [1.29, 1.82) is 0 Å². The first kappa shape index (κ1) is 46.3. The molecule has 0 fully saturated rings. The van der Waals surface area contributed by atoms with E-state index >= 15 is 0 Å². The summed E-state index contributed by atoms with van der Waals surface area (Å²) < 4.78 is 49.8. The minimum absolute atomic E-state index is 0.117. The van der Waals surface area contributed by atoms with Gasteiger partial charge in [0.25, 0.3) is 0 Å². The number of esters is 3. The van der Waals surface area contributed by atoms with Gasteiger partial charge in [-0.25, -0.2) is 0 Å². The van der Waals surface area contributed by atoms with Gasteiger partial charge in [0.05, 0.1) is 0 Å². The van der Waals surface area contributed by atoms with Gasteiger partial charge in [0.1, 0.15) is 0 Å². The molecule has 0 bridgehead atoms. The van der Waals surface area contributed by atoms with Crippen LogP contribution < -0.4 is 0 Å². The number of unbranched alkanes of at least 4 members (excludes halogenated alkanes) is 3. The van der Waals surface area contributed by atoms with E-state index in [1.54, 1.807) is 0 Å². The van der Waals surface area contributed by atoms with E-state index in [9.17, 15) is 14.4 Å². The molecular weight excluding hydrogens is 743 g/mol. The van der Waals surface area contributed by atoms with Crippen LogP contribution in [0.15, 0.2) is 0 Å². The summed E-state index contributed by atoms with van der Waals surface area (Å²) in [7, 11) is 7.11. The van der Waals surface area contributed by atoms with Gasteiger partial charge >= 0.3 is 252 Å². The molecule has 0 saturated heterocycles. The standard InChI is InChI=1S/3C11H21O4.ClH.Sn/c3*1-3-5-6-13-7-8-14-9-10-15-11(12)4-2;;/h3*2-10H2,1H3;1H;/q;;;;+1/p-1. The summed E-state index contributed by atoms with van der Waals surface area (Å²) in [6, 6.07) is 0. The van der Waals surface area contributed by atoms with Crippen molar-refractivity contribution in [3.8, 4) is 0 Å². The van der Waals surface area contributed by atoms with Gasteiger partial charge in [-0.2, -0.15) is 0 Å². The number of ether oxygens (including phenoxy) is 9. The van der Waals surface area contributed by atoms with E-state index in [0.29, 0.717) is 72.8 Å². The molecule has 0 spiro atoms. The first-order valence-electron chi connectivity index (χ1n) is 17.5. The van der Waals surface area contributed by atoms with Crippen LogP contribution in [0.2, 0.25) is 13.3 Å². The van der Waals surface area contributed by atoms with Crippen LogP contribution in [0.5, 0.6) is 0 Å². The monoisotopic (exact) mass is 806 g/mol. The zero-order valence-electron chi connectivity index (χ0n) is 29.4. The van der Waals surface area contributed by atoms with E-state index < -0.39 is 17.3 Å². The van der Waals surface area contributed by atoms with Gasteiger partial charge in [0.15, 0.2) is 0 Å². The van der Waals surface area contributed by atoms with Gasteiger partial charge < -0.3 is 0 Å². The number of halogens is 1. The third kappa shape index (κ3) is 33.5. The minimum Gasteiger partial charge on any atom is -0.0653 e. The second-order valence-electron chi connectivity index (χ2n) is 11.0. The van der Waals surface area contributed by atoms with Crippen LogP contribution in [0.4, 0.5) is 0 Å². The number of hydrogen-bond acceptors (Lipinski definition) is 12. The predicted molar refractivity (Wildman–Crippen MR) is 182 cm³/mol. The van der Waals surface area contributed by atoms with Gasteiger partial charge in [0, 0.05) is 0 Å². The molecule has 278 valence electrons. The van der Waals surface area contributed by atoms with Crippen LogP contribution in [-0.2, 0) is 57.0 Å². The Morgan fingerprint density at radius 1 is 0.404 bits per heavy atom. The third-order valence-electron chi connectivity index (χ3n) is 6.85. The average Bonchev–Trinajstić information content (AvgIpc) is 3.07. The summed E-state index contributed by atoms with van der Waals surface area (Å²) in [6.07, 6.45) is 6.64. The Labute approximate surface area is 291 Å². The molecule has 0 aliphatic heterocycles. The van der Waals surface area contributed by atoms with E-state index in [2.05, 4.69) is 20.8 Å². The van der Waals surface area contributed by atoms with Crippen molar-refractivity contribution >= 4 is 44.1 Å². The molecule has 0 radical (unpaired) electrons. The van der Waals surface area contributed by atoms with Crippen LogP contribution in [0, 0.1) is 0 Å². The van der Waals surface area contributed by atoms with Crippen molar-refractivity contribution in [1.82, 2.24) is 0 Å². The van der Waals surface area contributed by atoms with Gasteiger partial charge in [-0.1, -0.05) is 40.0 Å². The zero-order valence-corrected chi connectivity index (χ0v) is 33.0. The number of carbonyl (C=O) groups excluding carboxylic acids is 3. The Balaban J connectivity index is 4.50. The molecule has 0 heterocycles. The molecule has 0 N–H and O–H groups in total. The summed E-state index contributed by atoms with van der Waals surface area (Å²) >= 11 is -3.63. The Kier molecular flexibility index (Phi) is 34.5. The second-order valence-corrected chi connectivity index (χ2v) is 27.3. The Bertz CT molecular complexity index is 653. The Hall–Kier alpha value is -0.741. The molecule has 0 aliphatic carbocycles. The summed E-state index contributed by atoms with van der Waals surface area (Å²) in [5.74, 6) is -1.15. The molecule has 0 atom stereocenters. The summed E-state index contributed by atoms with van der Waals surface area (Å²) in [6.45, 7) is 12.5. The van der Waals surface area contributed by atoms with Crippen molar-refractivity contribution < 1.29 is 57.0 Å². The number of hydrogen-bond donors (Lipinski definition) is 0. The summed E-state index contributed by atoms with van der Waals surface area (Å²) in [5.41, 5.74) is 0. The van der Waals surface area contributed by atoms with Gasteiger partial charge in [0.2, 0.25) is 0 Å². The van der Waals surface area contributed by atoms with E-state index in [0.717, 1.165) is 38.5 Å². The van der Waals surface area contributed by atoms with E-state index in [1.807, 2.05) is 0 Å². The van der Waals surface area contributed by atoms with Crippen LogP contribution in [0.25, 0.3) is 0 Å². The maximum atomic E-state index is 12.4. The van der Waals surface area contributed by atoms with Crippen molar-refractivity contribution in [2.45, 2.75) is 91.9 Å². The maximum absolute atomic E-state index is 12.4. The van der Waals surface area contributed by atoms with Crippen molar-refractivity contribution in [2.24, 2.45) is 0 Å². The summed E-state index contributed by atoms with van der Waals surface area (Å²) in [4.78, 5) is 37.3. The number of rotatable bonds is 36. The Morgan fingerprint density at radius 2 is 0.638 bits per heavy atom. The Morgan fingerprint density at radius 3 is 0.894 bits per heavy atom. The second kappa shape index (κ2) is 35.1. The fraction of sp³-hybridized carbons (Fsp3) is 0.909. The predicted octanol–water partition coefficient (Wildman–Crippen LogP) is 5.47. The molecule has 12 nitrogen and oxygen atoms in total. The SMILES string of the molecule is CCCCOCCOCCOC(=O)C[CH2][Sn]([Cl])([CH2]CC(=O)OCCOCCOCCCC)[CH2]CC(=O)OCCOCCOCCCC. The minimum atomic E-state index is -3.63. The number of carbonyl (C=O) groups is 3. The molecule has 0 unspecified atom stereocenters. The quantitative estimate of drug-likeness (QED) is 0.0344. The van der Waals surface area contributed by atoms with E-state index in [-0.39, 0.29) is 76.8 Å². The van der Waals surface area contributed by atoms with Crippen molar-refractivity contribution in [2.75, 3.05) is 99.1 Å². The molecular formula is C33H63ClO12Sn. The van der Waals surface area contributed by atoms with Crippen LogP contribution in [-0.4, -0.2) is 134 Å². The summed E-state index contributed by atoms with van der Waals surface area (Å²) in [5, 5.41) is 0. The van der Waals surface area contributed by atoms with E-state index in [1.165, 1.54) is 0 Å². The van der Waals surface area contributed by atoms with Crippen LogP contribution in [0.1, 0.15) is 78.6 Å². The molecule has 0 aromatic carbocycles. The molecule has 0 aromatic heterocycles. The molecule has 0 aromatic rings. The smallest absolute Gasteiger partial charge is 0.0653 e. The van der Waals surface area contributed by atoms with Crippen molar-refractivity contribution in [3.63, 3.8) is 0 Å². The van der Waals surface area contributed by atoms with E-state index in [4.69, 9.17) is 51.6 Å². The molecule has 0 rings (SSSR count). The molecule has 0 amide bonds. The molecule has 0 aliphatic rings. The van der Waals surface area contributed by atoms with Gasteiger partial charge in [-0.15, -0.1) is 0 Å². The van der Waals surface area contributed by atoms with Gasteiger partial charge in [-0.05, 0) is 0 Å².